The minimum atomic E-state index is 0.663. The van der Waals surface area contributed by atoms with Gasteiger partial charge in [0.05, 0.1) is 11.0 Å². The van der Waals surface area contributed by atoms with E-state index in [9.17, 15) is 0 Å². The lowest BCUT2D eigenvalue weighted by Crippen LogP contribution is -2.37. The Morgan fingerprint density at radius 3 is 2.76 bits per heavy atom. The van der Waals surface area contributed by atoms with Crippen molar-refractivity contribution in [1.82, 2.24) is 5.32 Å². The van der Waals surface area contributed by atoms with E-state index in [0.717, 1.165) is 27.4 Å². The van der Waals surface area contributed by atoms with Crippen molar-refractivity contribution >= 4 is 31.9 Å². The van der Waals surface area contributed by atoms with Crippen LogP contribution in [0.25, 0.3) is 0 Å². The molecule has 0 radical (unpaired) electrons. The summed E-state index contributed by atoms with van der Waals surface area (Å²) in [7, 11) is 0. The van der Waals surface area contributed by atoms with Gasteiger partial charge in [-0.2, -0.15) is 0 Å². The van der Waals surface area contributed by atoms with E-state index in [0.29, 0.717) is 6.04 Å². The van der Waals surface area contributed by atoms with Crippen molar-refractivity contribution in [1.29, 1.82) is 0 Å². The smallest absolute Gasteiger partial charge is 0.183 e. The molecule has 96 valence electrons. The van der Waals surface area contributed by atoms with E-state index in [4.69, 9.17) is 4.42 Å². The second-order valence-electron chi connectivity index (χ2n) is 4.77. The molecule has 1 fully saturated rings. The van der Waals surface area contributed by atoms with Crippen molar-refractivity contribution in [3.05, 3.63) is 21.0 Å². The lowest BCUT2D eigenvalue weighted by Gasteiger charge is -2.31. The SMILES string of the molecule is CCC1CCCCC1NCc1cc(Br)c(Br)o1. The molecule has 1 aliphatic rings. The van der Waals surface area contributed by atoms with Crippen LogP contribution >= 0.6 is 31.9 Å². The van der Waals surface area contributed by atoms with Crippen molar-refractivity contribution in [3.8, 4) is 0 Å². The molecule has 2 atom stereocenters. The highest BCUT2D eigenvalue weighted by Crippen LogP contribution is 2.29. The maximum Gasteiger partial charge on any atom is 0.183 e. The van der Waals surface area contributed by atoms with Gasteiger partial charge in [-0.25, -0.2) is 0 Å². The molecule has 1 N–H and O–H groups in total. The average Bonchev–Trinajstić information content (AvgIpc) is 2.66. The highest BCUT2D eigenvalue weighted by Gasteiger charge is 2.23. The van der Waals surface area contributed by atoms with E-state index in [1.165, 1.54) is 32.1 Å². The molecule has 0 saturated heterocycles. The number of hydrogen-bond donors (Lipinski definition) is 1. The number of halogens is 2. The van der Waals surface area contributed by atoms with Gasteiger partial charge in [-0.05, 0) is 56.7 Å². The molecule has 2 unspecified atom stereocenters. The van der Waals surface area contributed by atoms with Crippen molar-refractivity contribution < 1.29 is 4.42 Å². The van der Waals surface area contributed by atoms with Gasteiger partial charge in [0, 0.05) is 6.04 Å². The molecule has 0 aromatic carbocycles. The average molecular weight is 365 g/mol. The van der Waals surface area contributed by atoms with Gasteiger partial charge >= 0.3 is 0 Å². The Morgan fingerprint density at radius 2 is 2.12 bits per heavy atom. The van der Waals surface area contributed by atoms with Crippen LogP contribution in [0.3, 0.4) is 0 Å². The molecular weight excluding hydrogens is 346 g/mol. The van der Waals surface area contributed by atoms with Crippen LogP contribution in [-0.4, -0.2) is 6.04 Å². The summed E-state index contributed by atoms with van der Waals surface area (Å²) in [6, 6.07) is 2.69. The third kappa shape index (κ3) is 3.58. The molecule has 1 aliphatic carbocycles. The molecule has 17 heavy (non-hydrogen) atoms. The first-order chi connectivity index (χ1) is 8.20. The van der Waals surface area contributed by atoms with E-state index in [1.54, 1.807) is 0 Å². The Hall–Kier alpha value is 0.200. The summed E-state index contributed by atoms with van der Waals surface area (Å²) in [6.45, 7) is 3.12. The van der Waals surface area contributed by atoms with Crippen molar-refractivity contribution in [3.63, 3.8) is 0 Å². The van der Waals surface area contributed by atoms with Crippen LogP contribution in [0.15, 0.2) is 19.6 Å². The molecule has 4 heteroatoms. The van der Waals surface area contributed by atoms with Crippen molar-refractivity contribution in [2.45, 2.75) is 51.6 Å². The first-order valence-electron chi connectivity index (χ1n) is 6.37. The van der Waals surface area contributed by atoms with Crippen LogP contribution < -0.4 is 5.32 Å². The molecular formula is C13H19Br2NO. The standard InChI is InChI=1S/C13H19Br2NO/c1-2-9-5-3-4-6-12(9)16-8-10-7-11(14)13(15)17-10/h7,9,12,16H,2-6,8H2,1H3. The normalized spacial score (nSPS) is 25.1. The molecule has 1 saturated carbocycles. The minimum Gasteiger partial charge on any atom is -0.452 e. The van der Waals surface area contributed by atoms with Gasteiger partial charge in [0.25, 0.3) is 0 Å². The van der Waals surface area contributed by atoms with Gasteiger partial charge in [-0.15, -0.1) is 0 Å². The quantitative estimate of drug-likeness (QED) is 0.824. The van der Waals surface area contributed by atoms with Crippen LogP contribution in [0.1, 0.15) is 44.8 Å². The van der Waals surface area contributed by atoms with Gasteiger partial charge in [0.2, 0.25) is 0 Å². The molecule has 0 spiro atoms. The number of furan rings is 1. The zero-order valence-corrected chi connectivity index (χ0v) is 13.3. The minimum absolute atomic E-state index is 0.663. The molecule has 1 heterocycles. The molecule has 0 aliphatic heterocycles. The van der Waals surface area contributed by atoms with Gasteiger partial charge in [0.1, 0.15) is 5.76 Å². The fourth-order valence-electron chi connectivity index (χ4n) is 2.68. The molecule has 2 rings (SSSR count). The zero-order chi connectivity index (χ0) is 12.3. The molecule has 0 amide bonds. The van der Waals surface area contributed by atoms with Crippen LogP contribution in [0.5, 0.6) is 0 Å². The third-order valence-corrected chi connectivity index (χ3v) is 5.38. The lowest BCUT2D eigenvalue weighted by atomic mass is 9.83. The third-order valence-electron chi connectivity index (χ3n) is 3.67. The van der Waals surface area contributed by atoms with Crippen molar-refractivity contribution in [2.24, 2.45) is 5.92 Å². The highest BCUT2D eigenvalue weighted by atomic mass is 79.9. The fourth-order valence-corrected chi connectivity index (χ4v) is 3.33. The molecule has 2 nitrogen and oxygen atoms in total. The summed E-state index contributed by atoms with van der Waals surface area (Å²) in [5.74, 6) is 1.83. The number of rotatable bonds is 4. The Labute approximate surface area is 120 Å². The van der Waals surface area contributed by atoms with Crippen LogP contribution in [-0.2, 0) is 6.54 Å². The lowest BCUT2D eigenvalue weighted by molar-refractivity contribution is 0.249. The van der Waals surface area contributed by atoms with Crippen LogP contribution in [0.4, 0.5) is 0 Å². The van der Waals surface area contributed by atoms with E-state index >= 15 is 0 Å². The second kappa shape index (κ2) is 6.39. The number of hydrogen-bond acceptors (Lipinski definition) is 2. The van der Waals surface area contributed by atoms with Gasteiger partial charge in [-0.3, -0.25) is 0 Å². The summed E-state index contributed by atoms with van der Waals surface area (Å²) in [4.78, 5) is 0. The predicted octanol–water partition coefficient (Wildman–Crippen LogP) is 4.86. The molecule has 1 aromatic rings. The summed E-state index contributed by atoms with van der Waals surface area (Å²) >= 11 is 6.81. The van der Waals surface area contributed by atoms with E-state index < -0.39 is 0 Å². The fraction of sp³-hybridized carbons (Fsp3) is 0.692. The zero-order valence-electron chi connectivity index (χ0n) is 10.1. The number of nitrogens with one attached hydrogen (secondary N) is 1. The summed E-state index contributed by atoms with van der Waals surface area (Å²) in [6.07, 6.45) is 6.72. The van der Waals surface area contributed by atoms with Crippen LogP contribution in [0.2, 0.25) is 0 Å². The highest BCUT2D eigenvalue weighted by molar-refractivity contribution is 9.13. The monoisotopic (exact) mass is 363 g/mol. The second-order valence-corrected chi connectivity index (χ2v) is 6.35. The largest absolute Gasteiger partial charge is 0.452 e. The first-order valence-corrected chi connectivity index (χ1v) is 7.96. The van der Waals surface area contributed by atoms with Crippen LogP contribution in [0, 0.1) is 5.92 Å². The van der Waals surface area contributed by atoms with Gasteiger partial charge < -0.3 is 9.73 Å². The van der Waals surface area contributed by atoms with Gasteiger partial charge in [0.15, 0.2) is 4.67 Å². The molecule has 1 aromatic heterocycles. The Balaban J connectivity index is 1.88. The topological polar surface area (TPSA) is 25.2 Å². The van der Waals surface area contributed by atoms with Crippen molar-refractivity contribution in [2.75, 3.05) is 0 Å². The Morgan fingerprint density at radius 1 is 1.35 bits per heavy atom. The Kier molecular flexibility index (Phi) is 5.12. The summed E-state index contributed by atoms with van der Waals surface area (Å²) < 4.78 is 7.35. The van der Waals surface area contributed by atoms with E-state index in [-0.39, 0.29) is 0 Å². The molecule has 0 bridgehead atoms. The van der Waals surface area contributed by atoms with Gasteiger partial charge in [-0.1, -0.05) is 26.2 Å². The maximum atomic E-state index is 5.58. The predicted molar refractivity (Wildman–Crippen MR) is 77.0 cm³/mol. The van der Waals surface area contributed by atoms with E-state index in [2.05, 4.69) is 44.1 Å². The first kappa shape index (κ1) is 13.6. The Bertz CT molecular complexity index is 345. The van der Waals surface area contributed by atoms with E-state index in [1.807, 2.05) is 6.07 Å². The summed E-state index contributed by atoms with van der Waals surface area (Å²) in [5, 5.41) is 3.64. The summed E-state index contributed by atoms with van der Waals surface area (Å²) in [5.41, 5.74) is 0. The maximum absolute atomic E-state index is 5.58.